The van der Waals surface area contributed by atoms with Gasteiger partial charge in [0.15, 0.2) is 0 Å². The van der Waals surface area contributed by atoms with E-state index in [9.17, 15) is 4.79 Å². The third-order valence-electron chi connectivity index (χ3n) is 4.91. The largest absolute Gasteiger partial charge is 0.367 e. The fourth-order valence-corrected chi connectivity index (χ4v) is 3.47. The van der Waals surface area contributed by atoms with E-state index in [4.69, 9.17) is 0 Å². The number of nitrogens with one attached hydrogen (secondary N) is 3. The fourth-order valence-electron chi connectivity index (χ4n) is 3.47. The van der Waals surface area contributed by atoms with Gasteiger partial charge in [0.05, 0.1) is 17.6 Å². The highest BCUT2D eigenvalue weighted by atomic mass is 16.1. The van der Waals surface area contributed by atoms with Crippen LogP contribution in [0.5, 0.6) is 0 Å². The molecule has 0 aliphatic carbocycles. The van der Waals surface area contributed by atoms with Crippen LogP contribution in [0, 0.1) is 0 Å². The van der Waals surface area contributed by atoms with Gasteiger partial charge < -0.3 is 25.8 Å². The van der Waals surface area contributed by atoms with Gasteiger partial charge in [-0.2, -0.15) is 0 Å². The van der Waals surface area contributed by atoms with Crippen molar-refractivity contribution < 1.29 is 4.79 Å². The van der Waals surface area contributed by atoms with E-state index >= 15 is 0 Å². The third-order valence-corrected chi connectivity index (χ3v) is 4.91. The van der Waals surface area contributed by atoms with Crippen LogP contribution in [-0.2, 0) is 0 Å². The summed E-state index contributed by atoms with van der Waals surface area (Å²) in [7, 11) is 0. The van der Waals surface area contributed by atoms with Gasteiger partial charge in [-0.25, -0.2) is 4.98 Å². The molecule has 0 atom stereocenters. The van der Waals surface area contributed by atoms with Crippen molar-refractivity contribution in [2.45, 2.75) is 0 Å². The Morgan fingerprint density at radius 1 is 0.963 bits per heavy atom. The van der Waals surface area contributed by atoms with E-state index in [1.807, 2.05) is 18.2 Å². The lowest BCUT2D eigenvalue weighted by molar-refractivity contribution is 0.102. The maximum absolute atomic E-state index is 12.8. The second kappa shape index (κ2) is 8.32. The van der Waals surface area contributed by atoms with Crippen LogP contribution in [0.15, 0.2) is 36.7 Å². The molecular formula is C19H25N7O. The molecule has 0 bridgehead atoms. The van der Waals surface area contributed by atoms with Crippen LogP contribution in [0.25, 0.3) is 0 Å². The molecule has 8 heteroatoms. The predicted molar refractivity (Wildman–Crippen MR) is 107 cm³/mol. The summed E-state index contributed by atoms with van der Waals surface area (Å²) in [5, 5.41) is 9.67. The molecule has 0 saturated carbocycles. The third kappa shape index (κ3) is 4.17. The van der Waals surface area contributed by atoms with Crippen molar-refractivity contribution in [1.82, 2.24) is 20.6 Å². The summed E-state index contributed by atoms with van der Waals surface area (Å²) in [6.45, 7) is 7.34. The summed E-state index contributed by atoms with van der Waals surface area (Å²) >= 11 is 0. The normalized spacial score (nSPS) is 17.6. The predicted octanol–water partition coefficient (Wildman–Crippen LogP) is 0.548. The monoisotopic (exact) mass is 367 g/mol. The van der Waals surface area contributed by atoms with E-state index in [1.54, 1.807) is 18.5 Å². The number of nitrogens with zero attached hydrogens (tertiary/aromatic N) is 4. The minimum absolute atomic E-state index is 0.212. The van der Waals surface area contributed by atoms with Crippen molar-refractivity contribution in [1.29, 1.82) is 0 Å². The molecule has 0 spiro atoms. The Morgan fingerprint density at radius 2 is 1.67 bits per heavy atom. The molecule has 4 rings (SSSR count). The Labute approximate surface area is 159 Å². The van der Waals surface area contributed by atoms with Gasteiger partial charge in [-0.3, -0.25) is 9.78 Å². The van der Waals surface area contributed by atoms with Gasteiger partial charge in [-0.05, 0) is 18.2 Å². The summed E-state index contributed by atoms with van der Waals surface area (Å²) in [6, 6.07) is 7.55. The molecule has 2 aromatic rings. The Hall–Kier alpha value is -2.71. The van der Waals surface area contributed by atoms with Gasteiger partial charge >= 0.3 is 0 Å². The van der Waals surface area contributed by atoms with E-state index in [0.29, 0.717) is 5.69 Å². The lowest BCUT2D eigenvalue weighted by atomic mass is 10.2. The molecule has 1 amide bonds. The first kappa shape index (κ1) is 17.7. The van der Waals surface area contributed by atoms with Crippen LogP contribution in [-0.4, -0.2) is 68.2 Å². The topological polar surface area (TPSA) is 85.4 Å². The summed E-state index contributed by atoms with van der Waals surface area (Å²) in [6.07, 6.45) is 3.46. The second-order valence-electron chi connectivity index (χ2n) is 6.70. The number of carbonyl (C=O) groups excluding carboxylic acids is 1. The van der Waals surface area contributed by atoms with Gasteiger partial charge in [0.25, 0.3) is 5.91 Å². The number of amides is 1. The molecule has 2 aliphatic heterocycles. The van der Waals surface area contributed by atoms with Gasteiger partial charge in [0, 0.05) is 58.6 Å². The van der Waals surface area contributed by atoms with Crippen molar-refractivity contribution in [3.63, 3.8) is 0 Å². The van der Waals surface area contributed by atoms with Crippen molar-refractivity contribution in [2.75, 3.05) is 67.5 Å². The summed E-state index contributed by atoms with van der Waals surface area (Å²) < 4.78 is 0. The molecule has 142 valence electrons. The van der Waals surface area contributed by atoms with E-state index in [2.05, 4.69) is 35.7 Å². The Bertz CT molecular complexity index is 785. The SMILES string of the molecule is O=C(Nc1cnccc1N1CCNCC1)c1cccc(N2CCNCC2)n1. The molecular weight excluding hydrogens is 342 g/mol. The van der Waals surface area contributed by atoms with Gasteiger partial charge in [-0.1, -0.05) is 6.07 Å². The summed E-state index contributed by atoms with van der Waals surface area (Å²) in [4.78, 5) is 26.0. The highest BCUT2D eigenvalue weighted by molar-refractivity contribution is 6.04. The summed E-state index contributed by atoms with van der Waals surface area (Å²) in [5.41, 5.74) is 2.14. The molecule has 0 radical (unpaired) electrons. The Morgan fingerprint density at radius 3 is 2.41 bits per heavy atom. The van der Waals surface area contributed by atoms with Crippen LogP contribution in [0.3, 0.4) is 0 Å². The minimum atomic E-state index is -0.212. The standard InChI is InChI=1S/C19H25N7O/c27-19(15-2-1-3-18(23-15)26-12-8-21-9-13-26)24-16-14-22-5-4-17(16)25-10-6-20-7-11-25/h1-5,14,20-21H,6-13H2,(H,24,27). The van der Waals surface area contributed by atoms with E-state index in [-0.39, 0.29) is 5.91 Å². The lowest BCUT2D eigenvalue weighted by Crippen LogP contribution is -2.44. The zero-order chi connectivity index (χ0) is 18.5. The lowest BCUT2D eigenvalue weighted by Gasteiger charge is -2.30. The van der Waals surface area contributed by atoms with Gasteiger partial charge in [0.1, 0.15) is 11.5 Å². The summed E-state index contributed by atoms with van der Waals surface area (Å²) in [5.74, 6) is 0.633. The number of carbonyl (C=O) groups is 1. The average molecular weight is 367 g/mol. The smallest absolute Gasteiger partial charge is 0.274 e. The zero-order valence-electron chi connectivity index (χ0n) is 15.3. The van der Waals surface area contributed by atoms with E-state index in [0.717, 1.165) is 69.6 Å². The van der Waals surface area contributed by atoms with Crippen LogP contribution in [0.2, 0.25) is 0 Å². The molecule has 2 fully saturated rings. The molecule has 4 heterocycles. The molecule has 2 aliphatic rings. The van der Waals surface area contributed by atoms with Crippen LogP contribution < -0.4 is 25.8 Å². The number of piperazine rings is 2. The Kier molecular flexibility index (Phi) is 5.45. The molecule has 0 aromatic carbocycles. The number of hydrogen-bond acceptors (Lipinski definition) is 7. The first-order valence-corrected chi connectivity index (χ1v) is 9.45. The highest BCUT2D eigenvalue weighted by Gasteiger charge is 2.18. The molecule has 8 nitrogen and oxygen atoms in total. The molecule has 2 saturated heterocycles. The molecule has 3 N–H and O–H groups in total. The first-order chi connectivity index (χ1) is 13.3. The maximum Gasteiger partial charge on any atom is 0.274 e. The number of rotatable bonds is 4. The number of aromatic nitrogens is 2. The van der Waals surface area contributed by atoms with Crippen LogP contribution >= 0.6 is 0 Å². The van der Waals surface area contributed by atoms with Gasteiger partial charge in [0.2, 0.25) is 0 Å². The number of anilines is 3. The quantitative estimate of drug-likeness (QED) is 0.728. The number of pyridine rings is 2. The van der Waals surface area contributed by atoms with Crippen molar-refractivity contribution >= 4 is 23.1 Å². The molecule has 27 heavy (non-hydrogen) atoms. The van der Waals surface area contributed by atoms with E-state index in [1.165, 1.54) is 0 Å². The second-order valence-corrected chi connectivity index (χ2v) is 6.70. The van der Waals surface area contributed by atoms with Crippen LogP contribution in [0.4, 0.5) is 17.2 Å². The molecule has 0 unspecified atom stereocenters. The molecule has 2 aromatic heterocycles. The first-order valence-electron chi connectivity index (χ1n) is 9.45. The minimum Gasteiger partial charge on any atom is -0.367 e. The van der Waals surface area contributed by atoms with E-state index < -0.39 is 0 Å². The van der Waals surface area contributed by atoms with Crippen molar-refractivity contribution in [2.24, 2.45) is 0 Å². The average Bonchev–Trinajstić information content (AvgIpc) is 2.75. The van der Waals surface area contributed by atoms with Gasteiger partial charge in [-0.15, -0.1) is 0 Å². The van der Waals surface area contributed by atoms with Crippen LogP contribution in [0.1, 0.15) is 10.5 Å². The number of hydrogen-bond donors (Lipinski definition) is 3. The van der Waals surface area contributed by atoms with Crippen molar-refractivity contribution in [3.8, 4) is 0 Å². The maximum atomic E-state index is 12.8. The fraction of sp³-hybridized carbons (Fsp3) is 0.421. The highest BCUT2D eigenvalue weighted by Crippen LogP contribution is 2.25. The van der Waals surface area contributed by atoms with Crippen molar-refractivity contribution in [3.05, 3.63) is 42.4 Å². The zero-order valence-corrected chi connectivity index (χ0v) is 15.3. The Balaban J connectivity index is 1.51.